The number of aromatic nitrogens is 2. The largest absolute Gasteiger partial charge is 0.444 e. The molecule has 0 saturated heterocycles. The SMILES string of the molecule is Cn1nc(Br)cc1NC(=O)OCc1ccccc1. The number of hydrogen-bond acceptors (Lipinski definition) is 3. The van der Waals surface area contributed by atoms with Crippen molar-refractivity contribution >= 4 is 27.8 Å². The summed E-state index contributed by atoms with van der Waals surface area (Å²) in [5.74, 6) is 0.569. The van der Waals surface area contributed by atoms with Crippen LogP contribution in [0.4, 0.5) is 10.6 Å². The van der Waals surface area contributed by atoms with Crippen molar-refractivity contribution in [1.82, 2.24) is 9.78 Å². The van der Waals surface area contributed by atoms with Crippen LogP contribution in [0.3, 0.4) is 0 Å². The molecule has 18 heavy (non-hydrogen) atoms. The van der Waals surface area contributed by atoms with Gasteiger partial charge in [0.2, 0.25) is 0 Å². The van der Waals surface area contributed by atoms with Crippen LogP contribution in [0.2, 0.25) is 0 Å². The number of aryl methyl sites for hydroxylation is 1. The van der Waals surface area contributed by atoms with Gasteiger partial charge in [0.05, 0.1) is 0 Å². The Balaban J connectivity index is 1.88. The molecule has 5 nitrogen and oxygen atoms in total. The second-order valence-corrected chi connectivity index (χ2v) is 4.48. The summed E-state index contributed by atoms with van der Waals surface area (Å²) < 4.78 is 7.30. The normalized spacial score (nSPS) is 10.1. The number of amides is 1. The van der Waals surface area contributed by atoms with E-state index in [1.807, 2.05) is 30.3 Å². The van der Waals surface area contributed by atoms with Gasteiger partial charge in [-0.05, 0) is 21.5 Å². The highest BCUT2D eigenvalue weighted by atomic mass is 79.9. The Kier molecular flexibility index (Phi) is 3.99. The van der Waals surface area contributed by atoms with Gasteiger partial charge >= 0.3 is 6.09 Å². The zero-order chi connectivity index (χ0) is 13.0. The van der Waals surface area contributed by atoms with Gasteiger partial charge in [-0.1, -0.05) is 30.3 Å². The van der Waals surface area contributed by atoms with E-state index in [0.717, 1.165) is 5.56 Å². The number of carbonyl (C=O) groups excluding carboxylic acids is 1. The monoisotopic (exact) mass is 309 g/mol. The van der Waals surface area contributed by atoms with Crippen molar-refractivity contribution < 1.29 is 9.53 Å². The minimum atomic E-state index is -0.505. The third kappa shape index (κ3) is 3.33. The van der Waals surface area contributed by atoms with Crippen LogP contribution in [0.15, 0.2) is 41.0 Å². The molecule has 0 atom stereocenters. The fourth-order valence-corrected chi connectivity index (χ4v) is 1.87. The van der Waals surface area contributed by atoms with E-state index in [1.54, 1.807) is 17.8 Å². The molecule has 2 aromatic rings. The molecule has 0 aliphatic heterocycles. The molecule has 0 saturated carbocycles. The zero-order valence-corrected chi connectivity index (χ0v) is 11.3. The van der Waals surface area contributed by atoms with Gasteiger partial charge in [0.25, 0.3) is 0 Å². The van der Waals surface area contributed by atoms with Gasteiger partial charge in [0, 0.05) is 13.1 Å². The van der Waals surface area contributed by atoms with Gasteiger partial charge in [0.1, 0.15) is 17.0 Å². The standard InChI is InChI=1S/C12H12BrN3O2/c1-16-11(7-10(13)15-16)14-12(17)18-8-9-5-3-2-4-6-9/h2-7H,8H2,1H3,(H,14,17). The van der Waals surface area contributed by atoms with E-state index in [0.29, 0.717) is 10.4 Å². The summed E-state index contributed by atoms with van der Waals surface area (Å²) in [4.78, 5) is 11.6. The van der Waals surface area contributed by atoms with Crippen molar-refractivity contribution in [3.05, 3.63) is 46.6 Å². The van der Waals surface area contributed by atoms with Gasteiger partial charge < -0.3 is 4.74 Å². The van der Waals surface area contributed by atoms with Crippen LogP contribution in [0.1, 0.15) is 5.56 Å². The fourth-order valence-electron chi connectivity index (χ4n) is 1.41. The summed E-state index contributed by atoms with van der Waals surface area (Å²) in [7, 11) is 1.73. The first-order valence-electron chi connectivity index (χ1n) is 5.32. The molecular weight excluding hydrogens is 298 g/mol. The molecule has 0 aliphatic carbocycles. The number of ether oxygens (including phenoxy) is 1. The lowest BCUT2D eigenvalue weighted by Crippen LogP contribution is -2.15. The van der Waals surface area contributed by atoms with E-state index < -0.39 is 6.09 Å². The second-order valence-electron chi connectivity index (χ2n) is 3.66. The second kappa shape index (κ2) is 5.68. The Morgan fingerprint density at radius 3 is 2.78 bits per heavy atom. The number of rotatable bonds is 3. The number of benzene rings is 1. The van der Waals surface area contributed by atoms with Gasteiger partial charge in [-0.3, -0.25) is 10.00 Å². The Bertz CT molecular complexity index is 540. The molecule has 1 aromatic carbocycles. The maximum absolute atomic E-state index is 11.6. The number of anilines is 1. The summed E-state index contributed by atoms with van der Waals surface area (Å²) in [6.45, 7) is 0.242. The van der Waals surface area contributed by atoms with E-state index in [1.165, 1.54) is 0 Å². The van der Waals surface area contributed by atoms with E-state index in [9.17, 15) is 4.79 Å². The topological polar surface area (TPSA) is 56.2 Å². The number of nitrogens with zero attached hydrogens (tertiary/aromatic N) is 2. The van der Waals surface area contributed by atoms with Crippen LogP contribution in [-0.2, 0) is 18.4 Å². The van der Waals surface area contributed by atoms with Crippen molar-refractivity contribution in [2.24, 2.45) is 7.05 Å². The van der Waals surface area contributed by atoms with Crippen LogP contribution in [0.25, 0.3) is 0 Å². The average molecular weight is 310 g/mol. The average Bonchev–Trinajstić information content (AvgIpc) is 2.67. The lowest BCUT2D eigenvalue weighted by molar-refractivity contribution is 0.155. The van der Waals surface area contributed by atoms with Crippen LogP contribution in [0.5, 0.6) is 0 Å². The quantitative estimate of drug-likeness (QED) is 0.948. The Morgan fingerprint density at radius 2 is 2.17 bits per heavy atom. The van der Waals surface area contributed by atoms with E-state index in [-0.39, 0.29) is 6.61 Å². The third-order valence-electron chi connectivity index (χ3n) is 2.29. The van der Waals surface area contributed by atoms with Crippen LogP contribution in [-0.4, -0.2) is 15.9 Å². The number of carbonyl (C=O) groups is 1. The minimum absolute atomic E-state index is 0.242. The lowest BCUT2D eigenvalue weighted by atomic mass is 10.2. The first-order valence-corrected chi connectivity index (χ1v) is 6.11. The molecule has 0 bridgehead atoms. The molecule has 0 fully saturated rings. The first kappa shape index (κ1) is 12.6. The zero-order valence-electron chi connectivity index (χ0n) is 9.76. The summed E-state index contributed by atoms with van der Waals surface area (Å²) >= 11 is 3.22. The molecule has 0 unspecified atom stereocenters. The molecule has 2 rings (SSSR count). The molecule has 0 spiro atoms. The summed E-state index contributed by atoms with van der Waals surface area (Å²) in [5, 5.41) is 6.66. The van der Waals surface area contributed by atoms with Gasteiger partial charge in [-0.25, -0.2) is 4.79 Å². The van der Waals surface area contributed by atoms with Crippen LogP contribution >= 0.6 is 15.9 Å². The summed E-state index contributed by atoms with van der Waals surface area (Å²) in [6, 6.07) is 11.2. The van der Waals surface area contributed by atoms with Crippen molar-refractivity contribution in [3.63, 3.8) is 0 Å². The van der Waals surface area contributed by atoms with Gasteiger partial charge in [-0.2, -0.15) is 5.10 Å². The minimum Gasteiger partial charge on any atom is -0.444 e. The molecule has 1 aromatic heterocycles. The summed E-state index contributed by atoms with van der Waals surface area (Å²) in [5.41, 5.74) is 0.943. The van der Waals surface area contributed by atoms with E-state index in [2.05, 4.69) is 26.3 Å². The number of halogens is 1. The fraction of sp³-hybridized carbons (Fsp3) is 0.167. The predicted octanol–water partition coefficient (Wildman–Crippen LogP) is 2.93. The van der Waals surface area contributed by atoms with Crippen LogP contribution in [0, 0.1) is 0 Å². The highest BCUT2D eigenvalue weighted by Crippen LogP contribution is 2.14. The Labute approximate surface area is 113 Å². The molecule has 6 heteroatoms. The van der Waals surface area contributed by atoms with Crippen molar-refractivity contribution in [3.8, 4) is 0 Å². The first-order chi connectivity index (χ1) is 8.65. The number of nitrogens with one attached hydrogen (secondary N) is 1. The third-order valence-corrected chi connectivity index (χ3v) is 2.68. The highest BCUT2D eigenvalue weighted by molar-refractivity contribution is 9.10. The van der Waals surface area contributed by atoms with Crippen molar-refractivity contribution in [1.29, 1.82) is 0 Å². The van der Waals surface area contributed by atoms with Crippen molar-refractivity contribution in [2.75, 3.05) is 5.32 Å². The Morgan fingerprint density at radius 1 is 1.44 bits per heavy atom. The van der Waals surface area contributed by atoms with Crippen molar-refractivity contribution in [2.45, 2.75) is 6.61 Å². The molecule has 1 heterocycles. The predicted molar refractivity (Wildman–Crippen MR) is 71.2 cm³/mol. The molecular formula is C12H12BrN3O2. The highest BCUT2D eigenvalue weighted by Gasteiger charge is 2.08. The maximum atomic E-state index is 11.6. The van der Waals surface area contributed by atoms with Gasteiger partial charge in [-0.15, -0.1) is 0 Å². The molecule has 0 radical (unpaired) electrons. The number of hydrogen-bond donors (Lipinski definition) is 1. The maximum Gasteiger partial charge on any atom is 0.413 e. The smallest absolute Gasteiger partial charge is 0.413 e. The lowest BCUT2D eigenvalue weighted by Gasteiger charge is -2.06. The molecule has 94 valence electrons. The molecule has 1 N–H and O–H groups in total. The van der Waals surface area contributed by atoms with E-state index >= 15 is 0 Å². The molecule has 1 amide bonds. The van der Waals surface area contributed by atoms with E-state index in [4.69, 9.17) is 4.74 Å². The Hall–Kier alpha value is -1.82. The molecule has 0 aliphatic rings. The van der Waals surface area contributed by atoms with Gasteiger partial charge in [0.15, 0.2) is 0 Å². The summed E-state index contributed by atoms with van der Waals surface area (Å²) in [6.07, 6.45) is -0.505. The van der Waals surface area contributed by atoms with Crippen LogP contribution < -0.4 is 5.32 Å².